The van der Waals surface area contributed by atoms with Gasteiger partial charge in [0.05, 0.1) is 22.2 Å². The first kappa shape index (κ1) is 19.9. The molecule has 33 heavy (non-hydrogen) atoms. The molecule has 0 fully saturated rings. The quantitative estimate of drug-likeness (QED) is 0.210. The predicted octanol–water partition coefficient (Wildman–Crippen LogP) is 8.10. The highest BCUT2D eigenvalue weighted by Gasteiger charge is 2.20. The maximum Gasteiger partial charge on any atom is 0.145 e. The van der Waals surface area contributed by atoms with Crippen molar-refractivity contribution in [2.75, 3.05) is 0 Å². The number of hydrogen-bond donors (Lipinski definition) is 0. The van der Waals surface area contributed by atoms with E-state index in [4.69, 9.17) is 9.97 Å². The first-order valence-electron chi connectivity index (χ1n) is 11.8. The molecule has 0 saturated carbocycles. The van der Waals surface area contributed by atoms with E-state index in [-0.39, 0.29) is 0 Å². The zero-order valence-electron chi connectivity index (χ0n) is 19.5. The minimum absolute atomic E-state index is 0.419. The molecule has 3 aromatic heterocycles. The molecule has 6 rings (SSSR count). The molecule has 0 aliphatic heterocycles. The molecule has 3 heterocycles. The Bertz CT molecular complexity index is 1650. The van der Waals surface area contributed by atoms with Crippen LogP contribution in [0.1, 0.15) is 50.7 Å². The first-order chi connectivity index (χ1) is 16.0. The van der Waals surface area contributed by atoms with E-state index in [1.165, 1.54) is 16.7 Å². The Kier molecular flexibility index (Phi) is 4.48. The Morgan fingerprint density at radius 1 is 0.697 bits per heavy atom. The lowest BCUT2D eigenvalue weighted by atomic mass is 9.87. The number of pyridine rings is 2. The summed E-state index contributed by atoms with van der Waals surface area (Å²) in [5.41, 5.74) is 9.12. The summed E-state index contributed by atoms with van der Waals surface area (Å²) in [5.74, 6) is 0.838. The van der Waals surface area contributed by atoms with E-state index in [0.29, 0.717) is 11.8 Å². The Morgan fingerprint density at radius 2 is 1.36 bits per heavy atom. The Labute approximate surface area is 193 Å². The van der Waals surface area contributed by atoms with Crippen LogP contribution in [0.3, 0.4) is 0 Å². The number of rotatable bonds is 3. The zero-order chi connectivity index (χ0) is 22.7. The summed E-state index contributed by atoms with van der Waals surface area (Å²) >= 11 is 0. The van der Waals surface area contributed by atoms with Crippen molar-refractivity contribution in [3.05, 3.63) is 90.1 Å². The molecule has 0 aliphatic carbocycles. The zero-order valence-corrected chi connectivity index (χ0v) is 19.5. The number of benzene rings is 3. The van der Waals surface area contributed by atoms with Gasteiger partial charge in [-0.1, -0.05) is 88.4 Å². The van der Waals surface area contributed by atoms with Gasteiger partial charge in [-0.3, -0.25) is 4.40 Å². The van der Waals surface area contributed by atoms with Crippen molar-refractivity contribution >= 4 is 38.4 Å². The Hall–Kier alpha value is -3.72. The number of imidazole rings is 1. The third-order valence-electron chi connectivity index (χ3n) is 6.72. The van der Waals surface area contributed by atoms with Crippen LogP contribution in [0.5, 0.6) is 0 Å². The number of para-hydroxylation sites is 1. The van der Waals surface area contributed by atoms with Crippen LogP contribution in [0.4, 0.5) is 0 Å². The van der Waals surface area contributed by atoms with Gasteiger partial charge in [-0.25, -0.2) is 9.97 Å². The highest BCUT2D eigenvalue weighted by molar-refractivity contribution is 6.12. The Balaban J connectivity index is 1.78. The molecule has 0 atom stereocenters. The van der Waals surface area contributed by atoms with Crippen molar-refractivity contribution in [2.24, 2.45) is 0 Å². The number of hydrogen-bond acceptors (Lipinski definition) is 2. The predicted molar refractivity (Wildman–Crippen MR) is 139 cm³/mol. The topological polar surface area (TPSA) is 30.2 Å². The van der Waals surface area contributed by atoms with E-state index in [2.05, 4.69) is 105 Å². The maximum atomic E-state index is 5.26. The first-order valence-corrected chi connectivity index (χ1v) is 11.8. The van der Waals surface area contributed by atoms with Crippen LogP contribution in [0.25, 0.3) is 49.6 Å². The van der Waals surface area contributed by atoms with Crippen LogP contribution in [0.15, 0.2) is 79.0 Å². The number of nitrogens with zero attached hydrogens (tertiary/aromatic N) is 3. The summed E-state index contributed by atoms with van der Waals surface area (Å²) < 4.78 is 2.24. The van der Waals surface area contributed by atoms with E-state index in [1.54, 1.807) is 0 Å². The second-order valence-electron chi connectivity index (χ2n) is 9.54. The van der Waals surface area contributed by atoms with Gasteiger partial charge in [-0.05, 0) is 35.1 Å². The lowest BCUT2D eigenvalue weighted by Crippen LogP contribution is -1.99. The van der Waals surface area contributed by atoms with Crippen molar-refractivity contribution in [1.82, 2.24) is 14.4 Å². The van der Waals surface area contributed by atoms with Crippen molar-refractivity contribution in [3.8, 4) is 11.3 Å². The third kappa shape index (κ3) is 3.03. The molecule has 0 saturated heterocycles. The summed E-state index contributed by atoms with van der Waals surface area (Å²) in [6.45, 7) is 9.05. The fraction of sp³-hybridized carbons (Fsp3) is 0.200. The molecule has 0 bridgehead atoms. The SMILES string of the molecule is CC(C)c1cccc(C(C)C)c1-c1cn2c3cc4ccccc4nc3c3ccccc3c2n1. The molecule has 3 aromatic carbocycles. The monoisotopic (exact) mass is 429 g/mol. The average molecular weight is 430 g/mol. The highest BCUT2D eigenvalue weighted by Crippen LogP contribution is 2.38. The number of fused-ring (bicyclic) bond motifs is 7. The van der Waals surface area contributed by atoms with E-state index in [9.17, 15) is 0 Å². The lowest BCUT2D eigenvalue weighted by molar-refractivity contribution is 0.837. The van der Waals surface area contributed by atoms with E-state index >= 15 is 0 Å². The summed E-state index contributed by atoms with van der Waals surface area (Å²) in [6.07, 6.45) is 2.22. The van der Waals surface area contributed by atoms with E-state index in [0.717, 1.165) is 44.0 Å². The van der Waals surface area contributed by atoms with Gasteiger partial charge in [0.15, 0.2) is 0 Å². The average Bonchev–Trinajstić information content (AvgIpc) is 3.28. The van der Waals surface area contributed by atoms with Crippen LogP contribution in [0, 0.1) is 0 Å². The second kappa shape index (κ2) is 7.41. The van der Waals surface area contributed by atoms with Crippen molar-refractivity contribution < 1.29 is 0 Å². The summed E-state index contributed by atoms with van der Waals surface area (Å²) in [5, 5.41) is 3.42. The smallest absolute Gasteiger partial charge is 0.145 e. The fourth-order valence-electron chi connectivity index (χ4n) is 5.09. The molecule has 0 amide bonds. The molecule has 0 radical (unpaired) electrons. The fourth-order valence-corrected chi connectivity index (χ4v) is 5.09. The van der Waals surface area contributed by atoms with Crippen molar-refractivity contribution in [2.45, 2.75) is 39.5 Å². The number of aromatic nitrogens is 3. The van der Waals surface area contributed by atoms with Gasteiger partial charge in [0.1, 0.15) is 5.65 Å². The molecular formula is C30H27N3. The molecule has 0 spiro atoms. The summed E-state index contributed by atoms with van der Waals surface area (Å²) in [4.78, 5) is 10.3. The highest BCUT2D eigenvalue weighted by atomic mass is 15.0. The molecule has 6 aromatic rings. The van der Waals surface area contributed by atoms with Gasteiger partial charge in [0.25, 0.3) is 0 Å². The lowest BCUT2D eigenvalue weighted by Gasteiger charge is -2.18. The third-order valence-corrected chi connectivity index (χ3v) is 6.72. The van der Waals surface area contributed by atoms with Gasteiger partial charge >= 0.3 is 0 Å². The van der Waals surface area contributed by atoms with Crippen LogP contribution in [0.2, 0.25) is 0 Å². The molecule has 0 aliphatic rings. The van der Waals surface area contributed by atoms with E-state index < -0.39 is 0 Å². The standard InChI is InChI=1S/C30H27N3/c1-18(2)21-13-9-14-22(19(3)4)28(21)26-17-33-27-16-20-10-5-8-15-25(20)31-29(27)23-11-6-7-12-24(23)30(33)32-26/h5-19H,1-4H3. The second-order valence-corrected chi connectivity index (χ2v) is 9.54. The Morgan fingerprint density at radius 3 is 2.09 bits per heavy atom. The van der Waals surface area contributed by atoms with Crippen LogP contribution in [-0.2, 0) is 0 Å². The molecule has 162 valence electrons. The van der Waals surface area contributed by atoms with Gasteiger partial charge in [0.2, 0.25) is 0 Å². The molecule has 3 heteroatoms. The van der Waals surface area contributed by atoms with Gasteiger partial charge < -0.3 is 0 Å². The molecule has 0 unspecified atom stereocenters. The minimum atomic E-state index is 0.419. The van der Waals surface area contributed by atoms with Crippen LogP contribution in [-0.4, -0.2) is 14.4 Å². The van der Waals surface area contributed by atoms with Crippen molar-refractivity contribution in [3.63, 3.8) is 0 Å². The van der Waals surface area contributed by atoms with Gasteiger partial charge in [-0.15, -0.1) is 0 Å². The van der Waals surface area contributed by atoms with Crippen LogP contribution >= 0.6 is 0 Å². The van der Waals surface area contributed by atoms with Gasteiger partial charge in [-0.2, -0.15) is 0 Å². The molecule has 0 N–H and O–H groups in total. The largest absolute Gasteiger partial charge is 0.297 e. The maximum absolute atomic E-state index is 5.26. The molecule has 3 nitrogen and oxygen atoms in total. The summed E-state index contributed by atoms with van der Waals surface area (Å²) in [7, 11) is 0. The van der Waals surface area contributed by atoms with Crippen molar-refractivity contribution in [1.29, 1.82) is 0 Å². The van der Waals surface area contributed by atoms with E-state index in [1.807, 2.05) is 6.07 Å². The van der Waals surface area contributed by atoms with Crippen LogP contribution < -0.4 is 0 Å². The van der Waals surface area contributed by atoms with Gasteiger partial charge in [0, 0.05) is 27.9 Å². The normalized spacial score (nSPS) is 12.2. The summed E-state index contributed by atoms with van der Waals surface area (Å²) in [6, 6.07) is 25.8. The minimum Gasteiger partial charge on any atom is -0.297 e. The molecular weight excluding hydrogens is 402 g/mol.